The normalized spacial score (nSPS) is 11.6. The first-order chi connectivity index (χ1) is 12.0. The second-order valence-corrected chi connectivity index (χ2v) is 7.28. The van der Waals surface area contributed by atoms with E-state index in [9.17, 15) is 4.79 Å². The van der Waals surface area contributed by atoms with Gasteiger partial charge in [-0.25, -0.2) is 4.98 Å². The number of carbonyl (C=O) groups is 1. The van der Waals surface area contributed by atoms with Crippen LogP contribution in [0.3, 0.4) is 0 Å². The minimum absolute atomic E-state index is 0.00334. The molecular formula is C17H24N6OS. The van der Waals surface area contributed by atoms with Crippen LogP contribution in [0.2, 0.25) is 0 Å². The van der Waals surface area contributed by atoms with Crippen LogP contribution in [0.4, 0.5) is 0 Å². The van der Waals surface area contributed by atoms with Crippen molar-refractivity contribution in [1.82, 2.24) is 29.9 Å². The lowest BCUT2D eigenvalue weighted by atomic mass is 10.3. The fourth-order valence-corrected chi connectivity index (χ4v) is 3.56. The number of hydrogen-bond donors (Lipinski definition) is 1. The fraction of sp³-hybridized carbons (Fsp3) is 0.529. The van der Waals surface area contributed by atoms with Crippen molar-refractivity contribution in [3.8, 4) is 0 Å². The lowest BCUT2D eigenvalue weighted by Gasteiger charge is -2.04. The number of nitrogens with zero attached hydrogens (tertiary/aromatic N) is 5. The third-order valence-corrected chi connectivity index (χ3v) is 5.12. The Morgan fingerprint density at radius 3 is 2.88 bits per heavy atom. The molecule has 0 unspecified atom stereocenters. The van der Waals surface area contributed by atoms with Crippen LogP contribution >= 0.6 is 11.3 Å². The first kappa shape index (κ1) is 17.6. The Balaban J connectivity index is 1.59. The lowest BCUT2D eigenvalue weighted by molar-refractivity contribution is -0.121. The highest BCUT2D eigenvalue weighted by Crippen LogP contribution is 2.21. The van der Waals surface area contributed by atoms with Crippen LogP contribution in [0.5, 0.6) is 0 Å². The van der Waals surface area contributed by atoms with Crippen molar-refractivity contribution >= 4 is 28.3 Å². The van der Waals surface area contributed by atoms with Crippen LogP contribution in [0, 0.1) is 6.92 Å². The van der Waals surface area contributed by atoms with E-state index in [1.54, 1.807) is 11.3 Å². The standard InChI is InChI=1S/C17H24N6OS/c1-5-16-20-13(10-25-16)8-18-15(24)6-7-22-17-12(4)21-23(11(2)3)14(17)9-19-22/h9-11H,5-8H2,1-4H3,(H,18,24). The smallest absolute Gasteiger partial charge is 0.222 e. The lowest BCUT2D eigenvalue weighted by Crippen LogP contribution is -2.24. The minimum Gasteiger partial charge on any atom is -0.350 e. The highest BCUT2D eigenvalue weighted by Gasteiger charge is 2.15. The van der Waals surface area contributed by atoms with Crippen LogP contribution in [0.1, 0.15) is 49.6 Å². The van der Waals surface area contributed by atoms with Gasteiger partial charge in [0.05, 0.1) is 35.7 Å². The third-order valence-electron chi connectivity index (χ3n) is 4.08. The van der Waals surface area contributed by atoms with E-state index < -0.39 is 0 Å². The molecule has 0 aliphatic rings. The van der Waals surface area contributed by atoms with Gasteiger partial charge in [0.15, 0.2) is 0 Å². The van der Waals surface area contributed by atoms with E-state index in [1.165, 1.54) is 0 Å². The quantitative estimate of drug-likeness (QED) is 0.703. The van der Waals surface area contributed by atoms with Gasteiger partial charge in [-0.1, -0.05) is 6.92 Å². The number of rotatable bonds is 7. The second-order valence-electron chi connectivity index (χ2n) is 6.34. The molecule has 3 heterocycles. The predicted octanol–water partition coefficient (Wildman–Crippen LogP) is 2.85. The maximum absolute atomic E-state index is 12.1. The summed E-state index contributed by atoms with van der Waals surface area (Å²) in [5.41, 5.74) is 3.89. The van der Waals surface area contributed by atoms with Crippen LogP contribution < -0.4 is 5.32 Å². The Morgan fingerprint density at radius 1 is 1.40 bits per heavy atom. The van der Waals surface area contributed by atoms with Crippen molar-refractivity contribution < 1.29 is 4.79 Å². The first-order valence-corrected chi connectivity index (χ1v) is 9.48. The maximum Gasteiger partial charge on any atom is 0.222 e. The van der Waals surface area contributed by atoms with Gasteiger partial charge in [-0.05, 0) is 27.2 Å². The van der Waals surface area contributed by atoms with Crippen molar-refractivity contribution in [2.75, 3.05) is 0 Å². The van der Waals surface area contributed by atoms with Gasteiger partial charge in [0.25, 0.3) is 0 Å². The summed E-state index contributed by atoms with van der Waals surface area (Å²) >= 11 is 1.63. The number of fused-ring (bicyclic) bond motifs is 1. The van der Waals surface area contributed by atoms with Gasteiger partial charge < -0.3 is 5.32 Å². The molecule has 134 valence electrons. The van der Waals surface area contributed by atoms with E-state index in [-0.39, 0.29) is 11.9 Å². The van der Waals surface area contributed by atoms with Gasteiger partial charge in [-0.15, -0.1) is 11.3 Å². The van der Waals surface area contributed by atoms with Crippen molar-refractivity contribution in [1.29, 1.82) is 0 Å². The van der Waals surface area contributed by atoms with Gasteiger partial charge in [0.1, 0.15) is 11.0 Å². The average molecular weight is 360 g/mol. The van der Waals surface area contributed by atoms with Gasteiger partial charge in [-0.3, -0.25) is 14.2 Å². The van der Waals surface area contributed by atoms with Crippen molar-refractivity contribution in [3.63, 3.8) is 0 Å². The molecule has 25 heavy (non-hydrogen) atoms. The number of amides is 1. The topological polar surface area (TPSA) is 77.6 Å². The zero-order chi connectivity index (χ0) is 18.0. The molecule has 0 aliphatic heterocycles. The third kappa shape index (κ3) is 3.73. The number of nitrogens with one attached hydrogen (secondary N) is 1. The molecule has 7 nitrogen and oxygen atoms in total. The van der Waals surface area contributed by atoms with Gasteiger partial charge in [-0.2, -0.15) is 10.2 Å². The summed E-state index contributed by atoms with van der Waals surface area (Å²) in [7, 11) is 0. The average Bonchev–Trinajstić information content (AvgIpc) is 3.28. The van der Waals surface area contributed by atoms with E-state index in [0.717, 1.165) is 33.8 Å². The molecule has 3 rings (SSSR count). The highest BCUT2D eigenvalue weighted by atomic mass is 32.1. The summed E-state index contributed by atoms with van der Waals surface area (Å²) in [5.74, 6) is 0.00334. The molecule has 8 heteroatoms. The molecule has 0 atom stereocenters. The molecule has 3 aromatic rings. The molecule has 1 N–H and O–H groups in total. The molecule has 0 spiro atoms. The molecule has 0 saturated carbocycles. The second kappa shape index (κ2) is 7.35. The Bertz CT molecular complexity index is 875. The zero-order valence-electron chi connectivity index (χ0n) is 15.1. The van der Waals surface area contributed by atoms with E-state index in [2.05, 4.69) is 41.3 Å². The molecule has 3 aromatic heterocycles. The molecule has 0 fully saturated rings. The molecule has 1 amide bonds. The fourth-order valence-electron chi connectivity index (χ4n) is 2.82. The van der Waals surface area contributed by atoms with Crippen molar-refractivity contribution in [2.45, 2.75) is 59.7 Å². The SMILES string of the molecule is CCc1nc(CNC(=O)CCn2ncc3c2c(C)nn3C(C)C)cs1. The molecule has 0 saturated heterocycles. The van der Waals surface area contributed by atoms with E-state index >= 15 is 0 Å². The largest absolute Gasteiger partial charge is 0.350 e. The molecule has 0 aliphatic carbocycles. The summed E-state index contributed by atoms with van der Waals surface area (Å²) in [6, 6.07) is 0.281. The number of aromatic nitrogens is 5. The Kier molecular flexibility index (Phi) is 5.17. The summed E-state index contributed by atoms with van der Waals surface area (Å²) in [6.45, 7) is 9.27. The van der Waals surface area contributed by atoms with E-state index in [1.807, 2.05) is 27.9 Å². The minimum atomic E-state index is 0.00334. The van der Waals surface area contributed by atoms with Crippen LogP contribution in [0.15, 0.2) is 11.6 Å². The van der Waals surface area contributed by atoms with E-state index in [4.69, 9.17) is 0 Å². The van der Waals surface area contributed by atoms with Crippen molar-refractivity contribution in [3.05, 3.63) is 28.0 Å². The monoisotopic (exact) mass is 360 g/mol. The number of thiazole rings is 1. The summed E-state index contributed by atoms with van der Waals surface area (Å²) in [5, 5.41) is 15.0. The molecule has 0 radical (unpaired) electrons. The van der Waals surface area contributed by atoms with Gasteiger partial charge in [0.2, 0.25) is 5.91 Å². The van der Waals surface area contributed by atoms with Crippen LogP contribution in [0.25, 0.3) is 11.0 Å². The zero-order valence-corrected chi connectivity index (χ0v) is 15.9. The first-order valence-electron chi connectivity index (χ1n) is 8.60. The summed E-state index contributed by atoms with van der Waals surface area (Å²) in [6.07, 6.45) is 3.14. The number of carbonyl (C=O) groups excluding carboxylic acids is 1. The number of hydrogen-bond acceptors (Lipinski definition) is 5. The molecule has 0 aromatic carbocycles. The van der Waals surface area contributed by atoms with E-state index in [0.29, 0.717) is 19.5 Å². The van der Waals surface area contributed by atoms with Crippen molar-refractivity contribution in [2.24, 2.45) is 0 Å². The van der Waals surface area contributed by atoms with Gasteiger partial charge >= 0.3 is 0 Å². The number of aryl methyl sites for hydroxylation is 3. The Labute approximate surface area is 151 Å². The molecule has 0 bridgehead atoms. The van der Waals surface area contributed by atoms with Crippen LogP contribution in [-0.4, -0.2) is 30.5 Å². The Hall–Kier alpha value is -2.22. The van der Waals surface area contributed by atoms with Crippen LogP contribution in [-0.2, 0) is 24.3 Å². The summed E-state index contributed by atoms with van der Waals surface area (Å²) < 4.78 is 3.84. The van der Waals surface area contributed by atoms with Gasteiger partial charge in [0, 0.05) is 17.8 Å². The summed E-state index contributed by atoms with van der Waals surface area (Å²) in [4.78, 5) is 16.6. The molecular weight excluding hydrogens is 336 g/mol. The maximum atomic E-state index is 12.1. The Morgan fingerprint density at radius 2 is 2.20 bits per heavy atom. The highest BCUT2D eigenvalue weighted by molar-refractivity contribution is 7.09. The predicted molar refractivity (Wildman–Crippen MR) is 98.6 cm³/mol.